The van der Waals surface area contributed by atoms with Crippen molar-refractivity contribution < 1.29 is 9.72 Å². The Balaban J connectivity index is 1.74. The number of halogens is 1. The Hall–Kier alpha value is -2.35. The van der Waals surface area contributed by atoms with Crippen LogP contribution < -0.4 is 0 Å². The monoisotopic (exact) mass is 323 g/mol. The smallest absolute Gasteiger partial charge is 0.307 e. The molecule has 0 fully saturated rings. The molecular formula is C13H14ClN5O3. The van der Waals surface area contributed by atoms with Crippen LogP contribution in [-0.4, -0.2) is 36.6 Å². The molecule has 2 aromatic heterocycles. The molecule has 116 valence electrons. The maximum atomic E-state index is 12.4. The van der Waals surface area contributed by atoms with Crippen LogP contribution in [0.2, 0.25) is 5.15 Å². The summed E-state index contributed by atoms with van der Waals surface area (Å²) in [5.41, 5.74) is 0.858. The third kappa shape index (κ3) is 2.45. The van der Waals surface area contributed by atoms with Gasteiger partial charge in [-0.3, -0.25) is 19.6 Å². The fourth-order valence-corrected chi connectivity index (χ4v) is 2.97. The molecule has 0 saturated heterocycles. The molecule has 9 heteroatoms. The molecule has 0 saturated carbocycles. The van der Waals surface area contributed by atoms with Crippen molar-refractivity contribution in [3.63, 3.8) is 0 Å². The molecule has 1 aliphatic heterocycles. The van der Waals surface area contributed by atoms with Gasteiger partial charge in [-0.05, 0) is 19.1 Å². The quantitative estimate of drug-likeness (QED) is 0.637. The van der Waals surface area contributed by atoms with Gasteiger partial charge in [-0.15, -0.1) is 0 Å². The molecule has 2 aromatic rings. The number of amides is 1. The second-order valence-corrected chi connectivity index (χ2v) is 5.54. The zero-order chi connectivity index (χ0) is 15.9. The minimum absolute atomic E-state index is 0.0212. The van der Waals surface area contributed by atoms with E-state index in [4.69, 9.17) is 11.6 Å². The molecule has 0 aliphatic carbocycles. The average molecular weight is 324 g/mol. The molecule has 22 heavy (non-hydrogen) atoms. The van der Waals surface area contributed by atoms with Crippen LogP contribution in [0.1, 0.15) is 18.7 Å². The maximum Gasteiger partial charge on any atom is 0.307 e. The summed E-state index contributed by atoms with van der Waals surface area (Å²) in [5.74, 6) is -0.130. The predicted molar refractivity (Wildman–Crippen MR) is 78.5 cm³/mol. The molecular weight excluding hydrogens is 310 g/mol. The number of fused-ring (bicyclic) bond motifs is 1. The van der Waals surface area contributed by atoms with Crippen LogP contribution in [0, 0.1) is 10.1 Å². The topological polar surface area (TPSA) is 86.2 Å². The molecule has 0 aromatic carbocycles. The van der Waals surface area contributed by atoms with E-state index in [1.807, 2.05) is 23.6 Å². The van der Waals surface area contributed by atoms with Crippen LogP contribution in [0.15, 0.2) is 24.5 Å². The summed E-state index contributed by atoms with van der Waals surface area (Å²) < 4.78 is 3.27. The summed E-state index contributed by atoms with van der Waals surface area (Å²) in [6.45, 7) is 3.10. The number of carbonyl (C=O) groups is 1. The Labute approximate surface area is 131 Å². The van der Waals surface area contributed by atoms with Crippen LogP contribution in [0.5, 0.6) is 0 Å². The van der Waals surface area contributed by atoms with Gasteiger partial charge in [-0.1, -0.05) is 11.6 Å². The summed E-state index contributed by atoms with van der Waals surface area (Å²) >= 11 is 6.09. The van der Waals surface area contributed by atoms with E-state index in [1.54, 1.807) is 4.90 Å². The molecule has 8 nitrogen and oxygen atoms in total. The van der Waals surface area contributed by atoms with Crippen LogP contribution in [0.3, 0.4) is 0 Å². The van der Waals surface area contributed by atoms with Gasteiger partial charge in [0.2, 0.25) is 5.91 Å². The number of aromatic nitrogens is 3. The van der Waals surface area contributed by atoms with Crippen molar-refractivity contribution in [1.82, 2.24) is 19.2 Å². The fraction of sp³-hybridized carbons (Fsp3) is 0.385. The molecule has 1 atom stereocenters. The predicted octanol–water partition coefficient (Wildman–Crippen LogP) is 1.85. The fourth-order valence-electron chi connectivity index (χ4n) is 2.72. The standard InChI is InChI=1S/C13H14ClN5O3/c1-9-11-2-3-12(14)18(11)5-4-17(9)13(20)8-16-7-10(6-15-16)19(21)22/h2-3,6-7,9H,4-5,8H2,1H3/t9-/m0/s1. The van der Waals surface area contributed by atoms with Crippen molar-refractivity contribution in [2.45, 2.75) is 26.1 Å². The van der Waals surface area contributed by atoms with Gasteiger partial charge in [-0.2, -0.15) is 5.10 Å². The number of hydrogen-bond donors (Lipinski definition) is 0. The van der Waals surface area contributed by atoms with Crippen LogP contribution in [-0.2, 0) is 17.9 Å². The van der Waals surface area contributed by atoms with Crippen LogP contribution in [0.4, 0.5) is 5.69 Å². The number of rotatable bonds is 3. The normalized spacial score (nSPS) is 17.4. The Morgan fingerprint density at radius 2 is 2.27 bits per heavy atom. The lowest BCUT2D eigenvalue weighted by atomic mass is 10.1. The van der Waals surface area contributed by atoms with Gasteiger partial charge in [0.05, 0.1) is 11.0 Å². The molecule has 3 heterocycles. The molecule has 3 rings (SSSR count). The molecule has 0 radical (unpaired) electrons. The van der Waals surface area contributed by atoms with Gasteiger partial charge < -0.3 is 9.47 Å². The number of nitro groups is 1. The highest BCUT2D eigenvalue weighted by molar-refractivity contribution is 6.29. The summed E-state index contributed by atoms with van der Waals surface area (Å²) in [6.07, 6.45) is 2.39. The molecule has 0 bridgehead atoms. The SMILES string of the molecule is C[C@H]1c2ccc(Cl)n2CCN1C(=O)Cn1cc([N+](=O)[O-])cn1. The lowest BCUT2D eigenvalue weighted by molar-refractivity contribution is -0.385. The number of nitrogens with zero attached hydrogens (tertiary/aromatic N) is 5. The molecule has 0 spiro atoms. The van der Waals surface area contributed by atoms with Gasteiger partial charge in [0, 0.05) is 18.8 Å². The molecule has 0 N–H and O–H groups in total. The Bertz CT molecular complexity index is 738. The average Bonchev–Trinajstić information content (AvgIpc) is 3.07. The first-order valence-electron chi connectivity index (χ1n) is 6.78. The van der Waals surface area contributed by atoms with Gasteiger partial charge >= 0.3 is 5.69 Å². The van der Waals surface area contributed by atoms with E-state index >= 15 is 0 Å². The van der Waals surface area contributed by atoms with Gasteiger partial charge in [0.15, 0.2) is 0 Å². The van der Waals surface area contributed by atoms with Crippen molar-refractivity contribution in [2.24, 2.45) is 0 Å². The summed E-state index contributed by atoms with van der Waals surface area (Å²) in [4.78, 5) is 24.3. The zero-order valence-electron chi connectivity index (χ0n) is 11.8. The summed E-state index contributed by atoms with van der Waals surface area (Å²) in [7, 11) is 0. The minimum Gasteiger partial charge on any atom is -0.332 e. The highest BCUT2D eigenvalue weighted by Gasteiger charge is 2.29. The van der Waals surface area contributed by atoms with E-state index in [1.165, 1.54) is 10.9 Å². The molecule has 1 amide bonds. The first-order valence-corrected chi connectivity index (χ1v) is 7.16. The van der Waals surface area contributed by atoms with Crippen molar-refractivity contribution in [3.05, 3.63) is 45.5 Å². The van der Waals surface area contributed by atoms with Crippen LogP contribution in [0.25, 0.3) is 0 Å². The lowest BCUT2D eigenvalue weighted by Gasteiger charge is -2.35. The largest absolute Gasteiger partial charge is 0.332 e. The zero-order valence-corrected chi connectivity index (χ0v) is 12.6. The van der Waals surface area contributed by atoms with Crippen LogP contribution >= 0.6 is 11.6 Å². The van der Waals surface area contributed by atoms with E-state index in [2.05, 4.69) is 5.10 Å². The number of carbonyl (C=O) groups excluding carboxylic acids is 1. The van der Waals surface area contributed by atoms with Crippen molar-refractivity contribution in [2.75, 3.05) is 6.54 Å². The van der Waals surface area contributed by atoms with E-state index < -0.39 is 4.92 Å². The van der Waals surface area contributed by atoms with E-state index in [0.717, 1.165) is 11.9 Å². The lowest BCUT2D eigenvalue weighted by Crippen LogP contribution is -2.42. The van der Waals surface area contributed by atoms with Crippen molar-refractivity contribution >= 4 is 23.2 Å². The molecule has 0 unspecified atom stereocenters. The summed E-state index contributed by atoms with van der Waals surface area (Å²) in [6, 6.07) is 3.63. The Morgan fingerprint density at radius 1 is 1.50 bits per heavy atom. The Kier molecular flexibility index (Phi) is 3.61. The third-order valence-electron chi connectivity index (χ3n) is 3.87. The third-order valence-corrected chi connectivity index (χ3v) is 4.20. The van der Waals surface area contributed by atoms with Crippen molar-refractivity contribution in [1.29, 1.82) is 0 Å². The minimum atomic E-state index is -0.535. The summed E-state index contributed by atoms with van der Waals surface area (Å²) in [5, 5.41) is 15.1. The van der Waals surface area contributed by atoms with Crippen molar-refractivity contribution in [3.8, 4) is 0 Å². The van der Waals surface area contributed by atoms with Gasteiger partial charge in [0.25, 0.3) is 0 Å². The van der Waals surface area contributed by atoms with Gasteiger partial charge in [-0.25, -0.2) is 0 Å². The van der Waals surface area contributed by atoms with E-state index in [0.29, 0.717) is 18.2 Å². The second kappa shape index (κ2) is 5.45. The first kappa shape index (κ1) is 14.6. The van der Waals surface area contributed by atoms with E-state index in [-0.39, 0.29) is 24.2 Å². The van der Waals surface area contributed by atoms with E-state index in [9.17, 15) is 14.9 Å². The highest BCUT2D eigenvalue weighted by atomic mass is 35.5. The second-order valence-electron chi connectivity index (χ2n) is 5.15. The highest BCUT2D eigenvalue weighted by Crippen LogP contribution is 2.29. The number of hydrogen-bond acceptors (Lipinski definition) is 4. The maximum absolute atomic E-state index is 12.4. The first-order chi connectivity index (χ1) is 10.5. The Morgan fingerprint density at radius 3 is 2.95 bits per heavy atom. The van der Waals surface area contributed by atoms with Gasteiger partial charge in [0.1, 0.15) is 24.1 Å². The molecule has 1 aliphatic rings.